The van der Waals surface area contributed by atoms with Crippen LogP contribution in [0.15, 0.2) is 42.5 Å². The molecule has 0 saturated carbocycles. The first kappa shape index (κ1) is 12.4. The van der Waals surface area contributed by atoms with E-state index in [-0.39, 0.29) is 11.4 Å². The number of halogens is 3. The molecule has 0 bridgehead atoms. The summed E-state index contributed by atoms with van der Waals surface area (Å²) in [6.07, 6.45) is -4.53. The number of methoxy groups -OCH3 is 1. The van der Waals surface area contributed by atoms with Crippen molar-refractivity contribution in [1.82, 2.24) is 4.98 Å². The van der Waals surface area contributed by atoms with Crippen LogP contribution in [0, 0.1) is 0 Å². The molecule has 0 aliphatic carbocycles. The van der Waals surface area contributed by atoms with Crippen molar-refractivity contribution in [1.29, 1.82) is 0 Å². The zero-order chi connectivity index (χ0) is 13.2. The molecule has 0 radical (unpaired) electrons. The Bertz CT molecular complexity index is 538. The van der Waals surface area contributed by atoms with Gasteiger partial charge < -0.3 is 4.74 Å². The third-order valence-electron chi connectivity index (χ3n) is 2.42. The van der Waals surface area contributed by atoms with Gasteiger partial charge in [0.2, 0.25) is 0 Å². The number of rotatable bonds is 2. The summed E-state index contributed by atoms with van der Waals surface area (Å²) < 4.78 is 43.0. The Balaban J connectivity index is 2.53. The van der Waals surface area contributed by atoms with Crippen LogP contribution in [0.4, 0.5) is 13.2 Å². The van der Waals surface area contributed by atoms with E-state index in [0.717, 1.165) is 0 Å². The largest absolute Gasteiger partial charge is 0.494 e. The fourth-order valence-electron chi connectivity index (χ4n) is 1.58. The van der Waals surface area contributed by atoms with Crippen molar-refractivity contribution in [2.75, 3.05) is 7.11 Å². The Morgan fingerprint density at radius 1 is 1.00 bits per heavy atom. The van der Waals surface area contributed by atoms with Gasteiger partial charge in [0.25, 0.3) is 0 Å². The molecule has 0 spiro atoms. The molecule has 1 aromatic carbocycles. The van der Waals surface area contributed by atoms with Gasteiger partial charge >= 0.3 is 6.18 Å². The van der Waals surface area contributed by atoms with Crippen molar-refractivity contribution in [2.45, 2.75) is 6.18 Å². The number of hydrogen-bond acceptors (Lipinski definition) is 2. The Morgan fingerprint density at radius 2 is 1.67 bits per heavy atom. The molecule has 2 rings (SSSR count). The smallest absolute Gasteiger partial charge is 0.437 e. The van der Waals surface area contributed by atoms with Crippen LogP contribution >= 0.6 is 0 Å². The van der Waals surface area contributed by atoms with Crippen LogP contribution in [-0.2, 0) is 6.18 Å². The Hall–Kier alpha value is -2.04. The number of benzene rings is 1. The highest BCUT2D eigenvalue weighted by Gasteiger charge is 2.36. The number of pyridine rings is 1. The second-order valence-electron chi connectivity index (χ2n) is 3.61. The van der Waals surface area contributed by atoms with Crippen molar-refractivity contribution in [3.8, 4) is 17.0 Å². The highest BCUT2D eigenvalue weighted by Crippen LogP contribution is 2.36. The van der Waals surface area contributed by atoms with E-state index in [1.165, 1.54) is 19.2 Å². The summed E-state index contributed by atoms with van der Waals surface area (Å²) in [5.41, 5.74) is -0.110. The van der Waals surface area contributed by atoms with Crippen molar-refractivity contribution >= 4 is 0 Å². The van der Waals surface area contributed by atoms with Crippen molar-refractivity contribution in [3.63, 3.8) is 0 Å². The molecule has 0 saturated heterocycles. The molecule has 94 valence electrons. The molecule has 1 heterocycles. The zero-order valence-electron chi connectivity index (χ0n) is 9.53. The SMILES string of the molecule is COc1ccc(-c2ccccc2)nc1C(F)(F)F. The van der Waals surface area contributed by atoms with Gasteiger partial charge in [0.05, 0.1) is 12.8 Å². The minimum atomic E-state index is -4.53. The maximum atomic E-state index is 12.8. The van der Waals surface area contributed by atoms with Crippen LogP contribution in [0.25, 0.3) is 11.3 Å². The number of ether oxygens (including phenoxy) is 1. The maximum Gasteiger partial charge on any atom is 0.437 e. The first-order valence-electron chi connectivity index (χ1n) is 5.20. The van der Waals surface area contributed by atoms with Crippen LogP contribution in [0.3, 0.4) is 0 Å². The third-order valence-corrected chi connectivity index (χ3v) is 2.42. The van der Waals surface area contributed by atoms with Crippen molar-refractivity contribution in [2.24, 2.45) is 0 Å². The fourth-order valence-corrected chi connectivity index (χ4v) is 1.58. The van der Waals surface area contributed by atoms with E-state index in [4.69, 9.17) is 0 Å². The molecule has 0 aliphatic heterocycles. The van der Waals surface area contributed by atoms with Gasteiger partial charge in [0.1, 0.15) is 5.75 Å². The molecule has 18 heavy (non-hydrogen) atoms. The summed E-state index contributed by atoms with van der Waals surface area (Å²) in [6, 6.07) is 11.5. The highest BCUT2D eigenvalue weighted by molar-refractivity contribution is 5.60. The first-order valence-corrected chi connectivity index (χ1v) is 5.20. The van der Waals surface area contributed by atoms with E-state index in [1.54, 1.807) is 30.3 Å². The topological polar surface area (TPSA) is 22.1 Å². The molecule has 2 nitrogen and oxygen atoms in total. The number of alkyl halides is 3. The van der Waals surface area contributed by atoms with Gasteiger partial charge in [0.15, 0.2) is 5.69 Å². The van der Waals surface area contributed by atoms with E-state index in [9.17, 15) is 13.2 Å². The van der Waals surface area contributed by atoms with Crippen LogP contribution in [-0.4, -0.2) is 12.1 Å². The zero-order valence-corrected chi connectivity index (χ0v) is 9.53. The van der Waals surface area contributed by atoms with Gasteiger partial charge in [-0.25, -0.2) is 4.98 Å². The van der Waals surface area contributed by atoms with Gasteiger partial charge in [-0.3, -0.25) is 0 Å². The Labute approximate surface area is 102 Å². The lowest BCUT2D eigenvalue weighted by Crippen LogP contribution is -2.10. The molecule has 0 amide bonds. The molecule has 0 fully saturated rings. The minimum absolute atomic E-state index is 0.267. The summed E-state index contributed by atoms with van der Waals surface area (Å²) in [5, 5.41) is 0. The Kier molecular flexibility index (Phi) is 3.23. The monoisotopic (exact) mass is 253 g/mol. The van der Waals surface area contributed by atoms with Crippen LogP contribution < -0.4 is 4.74 Å². The molecule has 5 heteroatoms. The van der Waals surface area contributed by atoms with Gasteiger partial charge in [-0.2, -0.15) is 13.2 Å². The lowest BCUT2D eigenvalue weighted by Gasteiger charge is -2.12. The second kappa shape index (κ2) is 4.68. The summed E-state index contributed by atoms with van der Waals surface area (Å²) in [6.45, 7) is 0. The van der Waals surface area contributed by atoms with Crippen LogP contribution in [0.5, 0.6) is 5.75 Å². The third kappa shape index (κ3) is 2.45. The van der Waals surface area contributed by atoms with Gasteiger partial charge in [-0.05, 0) is 12.1 Å². The summed E-state index contributed by atoms with van der Waals surface area (Å²) in [5.74, 6) is -0.276. The lowest BCUT2D eigenvalue weighted by atomic mass is 10.1. The van der Waals surface area contributed by atoms with Crippen LogP contribution in [0.2, 0.25) is 0 Å². The average molecular weight is 253 g/mol. The van der Waals surface area contributed by atoms with Gasteiger partial charge in [-0.15, -0.1) is 0 Å². The van der Waals surface area contributed by atoms with Crippen LogP contribution in [0.1, 0.15) is 5.69 Å². The molecular weight excluding hydrogens is 243 g/mol. The number of hydrogen-bond donors (Lipinski definition) is 0. The van der Waals surface area contributed by atoms with Crippen molar-refractivity contribution in [3.05, 3.63) is 48.2 Å². The minimum Gasteiger partial charge on any atom is -0.494 e. The molecular formula is C13H10F3NO. The lowest BCUT2D eigenvalue weighted by molar-refractivity contribution is -0.142. The first-order chi connectivity index (χ1) is 8.52. The average Bonchev–Trinajstić information content (AvgIpc) is 2.38. The number of nitrogens with zero attached hydrogens (tertiary/aromatic N) is 1. The normalized spacial score (nSPS) is 11.3. The highest BCUT2D eigenvalue weighted by atomic mass is 19.4. The van der Waals surface area contributed by atoms with E-state index in [1.807, 2.05) is 0 Å². The van der Waals surface area contributed by atoms with Crippen molar-refractivity contribution < 1.29 is 17.9 Å². The fraction of sp³-hybridized carbons (Fsp3) is 0.154. The molecule has 0 N–H and O–H groups in total. The summed E-state index contributed by atoms with van der Waals surface area (Å²) in [7, 11) is 1.19. The van der Waals surface area contributed by atoms with E-state index >= 15 is 0 Å². The predicted octanol–water partition coefficient (Wildman–Crippen LogP) is 3.78. The molecule has 0 atom stereocenters. The molecule has 1 aromatic heterocycles. The molecule has 0 unspecified atom stereocenters. The van der Waals surface area contributed by atoms with E-state index in [0.29, 0.717) is 5.56 Å². The molecule has 2 aromatic rings. The predicted molar refractivity (Wildman–Crippen MR) is 61.2 cm³/mol. The quantitative estimate of drug-likeness (QED) is 0.812. The Morgan fingerprint density at radius 3 is 2.22 bits per heavy atom. The van der Waals surface area contributed by atoms with Gasteiger partial charge in [0, 0.05) is 5.56 Å². The van der Waals surface area contributed by atoms with Gasteiger partial charge in [-0.1, -0.05) is 30.3 Å². The molecule has 0 aliphatic rings. The summed E-state index contributed by atoms with van der Waals surface area (Å²) in [4.78, 5) is 3.64. The number of aromatic nitrogens is 1. The van der Waals surface area contributed by atoms with E-state index < -0.39 is 11.9 Å². The standard InChI is InChI=1S/C13H10F3NO/c1-18-11-8-7-10(9-5-3-2-4-6-9)17-12(11)13(14,15)16/h2-8H,1H3. The van der Waals surface area contributed by atoms with E-state index in [2.05, 4.69) is 9.72 Å². The summed E-state index contributed by atoms with van der Waals surface area (Å²) >= 11 is 0. The maximum absolute atomic E-state index is 12.8. The second-order valence-corrected chi connectivity index (χ2v) is 3.61.